The zero-order valence-corrected chi connectivity index (χ0v) is 13.1. The maximum absolute atomic E-state index is 12.6. The van der Waals surface area contributed by atoms with Crippen LogP contribution in [-0.2, 0) is 23.1 Å². The largest absolute Gasteiger partial charge is 0.468 e. The average Bonchev–Trinajstić information content (AvgIpc) is 3.06. The van der Waals surface area contributed by atoms with Crippen LogP contribution >= 0.6 is 11.3 Å². The quantitative estimate of drug-likeness (QED) is 0.851. The first kappa shape index (κ1) is 15.2. The number of hydrogen-bond donors (Lipinski definition) is 1. The number of furan rings is 1. The van der Waals surface area contributed by atoms with E-state index >= 15 is 0 Å². The van der Waals surface area contributed by atoms with E-state index in [1.165, 1.54) is 21.9 Å². The summed E-state index contributed by atoms with van der Waals surface area (Å²) in [4.78, 5) is 1.20. The van der Waals surface area contributed by atoms with Crippen LogP contribution in [0.15, 0.2) is 39.2 Å². The molecule has 0 atom stereocenters. The van der Waals surface area contributed by atoms with Crippen LogP contribution in [0.25, 0.3) is 0 Å². The summed E-state index contributed by atoms with van der Waals surface area (Å²) in [6.45, 7) is 3.59. The Hall–Kier alpha value is -1.15. The van der Waals surface area contributed by atoms with Gasteiger partial charge in [-0.05, 0) is 30.1 Å². The first-order chi connectivity index (χ1) is 9.55. The van der Waals surface area contributed by atoms with Gasteiger partial charge in [0.2, 0.25) is 10.0 Å². The molecule has 1 N–H and O–H groups in total. The molecule has 0 aliphatic heterocycles. The maximum Gasteiger partial charge on any atom is 0.244 e. The topological polar surface area (TPSA) is 62.6 Å². The zero-order chi connectivity index (χ0) is 14.6. The third-order valence-corrected chi connectivity index (χ3v) is 5.83. The van der Waals surface area contributed by atoms with Gasteiger partial charge in [0.05, 0.1) is 17.7 Å². The molecule has 7 heteroatoms. The molecule has 0 saturated heterocycles. The van der Waals surface area contributed by atoms with Gasteiger partial charge in [-0.2, -0.15) is 4.31 Å². The van der Waals surface area contributed by atoms with Gasteiger partial charge in [0.25, 0.3) is 0 Å². The predicted molar refractivity (Wildman–Crippen MR) is 79.1 cm³/mol. The van der Waals surface area contributed by atoms with E-state index in [-0.39, 0.29) is 6.54 Å². The normalized spacial score (nSPS) is 12.2. The molecule has 110 valence electrons. The van der Waals surface area contributed by atoms with Gasteiger partial charge in [0, 0.05) is 18.5 Å². The van der Waals surface area contributed by atoms with Gasteiger partial charge in [-0.1, -0.05) is 6.92 Å². The Morgan fingerprint density at radius 1 is 1.40 bits per heavy atom. The summed E-state index contributed by atoms with van der Waals surface area (Å²) in [6.07, 6.45) is 1.54. The second kappa shape index (κ2) is 6.53. The number of sulfonamides is 1. The van der Waals surface area contributed by atoms with E-state index in [1.54, 1.807) is 30.6 Å². The molecule has 0 radical (unpaired) electrons. The van der Waals surface area contributed by atoms with E-state index in [0.717, 1.165) is 11.4 Å². The Labute approximate surface area is 123 Å². The second-order valence-electron chi connectivity index (χ2n) is 4.33. The van der Waals surface area contributed by atoms with E-state index in [4.69, 9.17) is 4.42 Å². The van der Waals surface area contributed by atoms with Crippen molar-refractivity contribution < 1.29 is 12.8 Å². The van der Waals surface area contributed by atoms with E-state index in [9.17, 15) is 8.42 Å². The molecule has 0 fully saturated rings. The van der Waals surface area contributed by atoms with Crippen molar-refractivity contribution in [2.75, 3.05) is 13.6 Å². The average molecular weight is 314 g/mol. The van der Waals surface area contributed by atoms with E-state index in [2.05, 4.69) is 5.32 Å². The van der Waals surface area contributed by atoms with Crippen molar-refractivity contribution in [2.24, 2.45) is 0 Å². The summed E-state index contributed by atoms with van der Waals surface area (Å²) >= 11 is 1.45. The Morgan fingerprint density at radius 2 is 2.20 bits per heavy atom. The summed E-state index contributed by atoms with van der Waals surface area (Å²) in [5, 5.41) is 4.96. The van der Waals surface area contributed by atoms with E-state index in [0.29, 0.717) is 17.2 Å². The highest BCUT2D eigenvalue weighted by atomic mass is 32.2. The molecule has 0 aliphatic carbocycles. The van der Waals surface area contributed by atoms with Gasteiger partial charge in [-0.15, -0.1) is 11.3 Å². The SMILES string of the molecule is CCNCc1sccc1S(=O)(=O)N(C)Cc1ccco1. The lowest BCUT2D eigenvalue weighted by atomic mass is 10.4. The Morgan fingerprint density at radius 3 is 2.85 bits per heavy atom. The van der Waals surface area contributed by atoms with Crippen LogP contribution in [0.3, 0.4) is 0 Å². The molecule has 2 heterocycles. The molecule has 0 aromatic carbocycles. The summed E-state index contributed by atoms with van der Waals surface area (Å²) < 4.78 is 31.6. The highest BCUT2D eigenvalue weighted by Gasteiger charge is 2.25. The van der Waals surface area contributed by atoms with Gasteiger partial charge in [-0.25, -0.2) is 8.42 Å². The van der Waals surface area contributed by atoms with Gasteiger partial charge in [0.15, 0.2) is 0 Å². The lowest BCUT2D eigenvalue weighted by molar-refractivity contribution is 0.406. The van der Waals surface area contributed by atoms with Crippen molar-refractivity contribution in [2.45, 2.75) is 24.9 Å². The number of hydrogen-bond acceptors (Lipinski definition) is 5. The fourth-order valence-electron chi connectivity index (χ4n) is 1.80. The molecule has 0 aliphatic rings. The molecule has 0 unspecified atom stereocenters. The van der Waals surface area contributed by atoms with Crippen LogP contribution in [-0.4, -0.2) is 26.3 Å². The van der Waals surface area contributed by atoms with Crippen LogP contribution in [0.5, 0.6) is 0 Å². The fourth-order valence-corrected chi connectivity index (χ4v) is 4.32. The molecule has 2 aromatic rings. The Kier molecular flexibility index (Phi) is 4.98. The third kappa shape index (κ3) is 3.29. The molecular formula is C13H18N2O3S2. The maximum atomic E-state index is 12.6. The molecule has 20 heavy (non-hydrogen) atoms. The van der Waals surface area contributed by atoms with Crippen molar-refractivity contribution in [3.8, 4) is 0 Å². The minimum atomic E-state index is -3.49. The van der Waals surface area contributed by atoms with Gasteiger partial charge < -0.3 is 9.73 Å². The Bertz CT molecular complexity index is 632. The van der Waals surface area contributed by atoms with Crippen molar-refractivity contribution >= 4 is 21.4 Å². The number of rotatable bonds is 7. The Balaban J connectivity index is 2.19. The summed E-state index contributed by atoms with van der Waals surface area (Å²) in [7, 11) is -1.93. The highest BCUT2D eigenvalue weighted by molar-refractivity contribution is 7.89. The molecular weight excluding hydrogens is 296 g/mol. The standard InChI is InChI=1S/C13H18N2O3S2/c1-3-14-9-12-13(6-8-19-12)20(16,17)15(2)10-11-5-4-7-18-11/h4-8,14H,3,9-10H2,1-2H3. The van der Waals surface area contributed by atoms with Crippen LogP contribution in [0.2, 0.25) is 0 Å². The van der Waals surface area contributed by atoms with Gasteiger partial charge in [-0.3, -0.25) is 0 Å². The van der Waals surface area contributed by atoms with Gasteiger partial charge in [0.1, 0.15) is 5.76 Å². The van der Waals surface area contributed by atoms with Crippen molar-refractivity contribution in [1.82, 2.24) is 9.62 Å². The predicted octanol–water partition coefficient (Wildman–Crippen LogP) is 2.27. The summed E-state index contributed by atoms with van der Waals surface area (Å²) in [6, 6.07) is 5.17. The number of nitrogens with one attached hydrogen (secondary N) is 1. The lowest BCUT2D eigenvalue weighted by Crippen LogP contribution is -2.27. The lowest BCUT2D eigenvalue weighted by Gasteiger charge is -2.16. The molecule has 0 bridgehead atoms. The molecule has 0 saturated carbocycles. The smallest absolute Gasteiger partial charge is 0.244 e. The second-order valence-corrected chi connectivity index (χ2v) is 7.34. The number of nitrogens with zero attached hydrogens (tertiary/aromatic N) is 1. The van der Waals surface area contributed by atoms with Gasteiger partial charge >= 0.3 is 0 Å². The van der Waals surface area contributed by atoms with E-state index in [1.807, 2.05) is 6.92 Å². The molecule has 0 amide bonds. The molecule has 2 aromatic heterocycles. The first-order valence-corrected chi connectivity index (χ1v) is 8.63. The number of thiophene rings is 1. The first-order valence-electron chi connectivity index (χ1n) is 6.31. The minimum Gasteiger partial charge on any atom is -0.468 e. The third-order valence-electron chi connectivity index (χ3n) is 2.89. The molecule has 5 nitrogen and oxygen atoms in total. The monoisotopic (exact) mass is 314 g/mol. The minimum absolute atomic E-state index is 0.228. The molecule has 0 spiro atoms. The van der Waals surface area contributed by atoms with Crippen LogP contribution in [0.4, 0.5) is 0 Å². The van der Waals surface area contributed by atoms with Crippen molar-refractivity contribution in [3.05, 3.63) is 40.5 Å². The zero-order valence-electron chi connectivity index (χ0n) is 11.5. The van der Waals surface area contributed by atoms with Crippen LogP contribution in [0.1, 0.15) is 17.6 Å². The van der Waals surface area contributed by atoms with Crippen molar-refractivity contribution in [1.29, 1.82) is 0 Å². The van der Waals surface area contributed by atoms with Crippen molar-refractivity contribution in [3.63, 3.8) is 0 Å². The van der Waals surface area contributed by atoms with Crippen LogP contribution < -0.4 is 5.32 Å². The summed E-state index contributed by atoms with van der Waals surface area (Å²) in [5.41, 5.74) is 0. The highest BCUT2D eigenvalue weighted by Crippen LogP contribution is 2.25. The van der Waals surface area contributed by atoms with E-state index < -0.39 is 10.0 Å². The fraction of sp³-hybridized carbons (Fsp3) is 0.385. The molecule has 2 rings (SSSR count). The van der Waals surface area contributed by atoms with Crippen LogP contribution in [0, 0.1) is 0 Å². The summed E-state index contributed by atoms with van der Waals surface area (Å²) in [5.74, 6) is 0.625.